The zero-order chi connectivity index (χ0) is 13.2. The van der Waals surface area contributed by atoms with E-state index in [2.05, 4.69) is 21.2 Å². The van der Waals surface area contributed by atoms with Crippen LogP contribution in [0, 0.1) is 0 Å². The molecule has 1 aliphatic rings. The Morgan fingerprint density at radius 2 is 2.11 bits per heavy atom. The highest BCUT2D eigenvalue weighted by molar-refractivity contribution is 9.10. The van der Waals surface area contributed by atoms with E-state index in [1.165, 1.54) is 0 Å². The number of benzene rings is 1. The lowest BCUT2D eigenvalue weighted by Crippen LogP contribution is -2.54. The van der Waals surface area contributed by atoms with E-state index in [-0.39, 0.29) is 5.91 Å². The van der Waals surface area contributed by atoms with Crippen LogP contribution in [0.2, 0.25) is 5.02 Å². The van der Waals surface area contributed by atoms with Crippen LogP contribution in [-0.2, 0) is 9.53 Å². The van der Waals surface area contributed by atoms with E-state index in [1.807, 2.05) is 6.07 Å². The van der Waals surface area contributed by atoms with Crippen LogP contribution in [0.1, 0.15) is 12.8 Å². The molecule has 2 rings (SSSR count). The van der Waals surface area contributed by atoms with Crippen LogP contribution in [0.5, 0.6) is 0 Å². The van der Waals surface area contributed by atoms with Crippen molar-refractivity contribution in [1.82, 2.24) is 0 Å². The molecule has 1 saturated heterocycles. The topological polar surface area (TPSA) is 64.4 Å². The van der Waals surface area contributed by atoms with E-state index >= 15 is 0 Å². The van der Waals surface area contributed by atoms with Crippen molar-refractivity contribution in [1.29, 1.82) is 0 Å². The van der Waals surface area contributed by atoms with E-state index in [0.29, 0.717) is 36.8 Å². The maximum Gasteiger partial charge on any atom is 0.244 e. The summed E-state index contributed by atoms with van der Waals surface area (Å²) in [5.74, 6) is -0.213. The summed E-state index contributed by atoms with van der Waals surface area (Å²) < 4.78 is 6.07. The second-order valence-electron chi connectivity index (χ2n) is 4.35. The van der Waals surface area contributed by atoms with Crippen LogP contribution < -0.4 is 11.1 Å². The molecule has 4 nitrogen and oxygen atoms in total. The predicted octanol–water partition coefficient (Wildman–Crippen LogP) is 2.55. The first-order valence-corrected chi connectivity index (χ1v) is 6.81. The van der Waals surface area contributed by atoms with E-state index < -0.39 is 5.54 Å². The van der Waals surface area contributed by atoms with Crippen LogP contribution in [0.15, 0.2) is 22.7 Å². The maximum absolute atomic E-state index is 12.2. The largest absolute Gasteiger partial charge is 0.381 e. The molecule has 98 valence electrons. The first-order chi connectivity index (χ1) is 8.51. The number of carbonyl (C=O) groups is 1. The number of ether oxygens (including phenoxy) is 1. The van der Waals surface area contributed by atoms with Crippen molar-refractivity contribution in [3.63, 3.8) is 0 Å². The monoisotopic (exact) mass is 332 g/mol. The molecular weight excluding hydrogens is 320 g/mol. The Morgan fingerprint density at radius 1 is 1.44 bits per heavy atom. The van der Waals surface area contributed by atoms with E-state index in [4.69, 9.17) is 22.1 Å². The molecule has 1 amide bonds. The van der Waals surface area contributed by atoms with Gasteiger partial charge in [-0.05, 0) is 31.0 Å². The Kier molecular flexibility index (Phi) is 4.27. The van der Waals surface area contributed by atoms with Crippen LogP contribution in [-0.4, -0.2) is 24.7 Å². The van der Waals surface area contributed by atoms with Crippen LogP contribution in [0.4, 0.5) is 5.69 Å². The van der Waals surface area contributed by atoms with Crippen molar-refractivity contribution in [2.45, 2.75) is 18.4 Å². The van der Waals surface area contributed by atoms with Gasteiger partial charge in [0.2, 0.25) is 5.91 Å². The molecule has 0 aromatic heterocycles. The third-order valence-corrected chi connectivity index (χ3v) is 3.82. The number of hydrogen-bond donors (Lipinski definition) is 2. The van der Waals surface area contributed by atoms with Gasteiger partial charge in [0, 0.05) is 17.7 Å². The first kappa shape index (κ1) is 13.8. The number of amides is 1. The lowest BCUT2D eigenvalue weighted by molar-refractivity contribution is -0.124. The summed E-state index contributed by atoms with van der Waals surface area (Å²) in [6, 6.07) is 5.28. The zero-order valence-electron chi connectivity index (χ0n) is 9.71. The molecule has 1 aromatic carbocycles. The summed E-state index contributed by atoms with van der Waals surface area (Å²) in [6.07, 6.45) is 1.04. The van der Waals surface area contributed by atoms with Crippen molar-refractivity contribution in [3.05, 3.63) is 27.7 Å². The van der Waals surface area contributed by atoms with Crippen molar-refractivity contribution < 1.29 is 9.53 Å². The highest BCUT2D eigenvalue weighted by Gasteiger charge is 2.36. The molecule has 6 heteroatoms. The molecule has 1 aromatic rings. The highest BCUT2D eigenvalue weighted by Crippen LogP contribution is 2.27. The maximum atomic E-state index is 12.2. The van der Waals surface area contributed by atoms with Crippen molar-refractivity contribution in [3.8, 4) is 0 Å². The standard InChI is InChI=1S/C12H14BrClN2O2/c13-8-1-2-10(9(14)7-8)16-11(17)12(15)3-5-18-6-4-12/h1-2,7H,3-6,15H2,(H,16,17). The Bertz CT molecular complexity index is 461. The van der Waals surface area contributed by atoms with Gasteiger partial charge in [-0.1, -0.05) is 27.5 Å². The minimum atomic E-state index is -0.866. The second-order valence-corrected chi connectivity index (χ2v) is 5.67. The summed E-state index contributed by atoms with van der Waals surface area (Å²) in [6.45, 7) is 1.02. The van der Waals surface area contributed by atoms with Crippen LogP contribution >= 0.6 is 27.5 Å². The normalized spacial score (nSPS) is 18.4. The van der Waals surface area contributed by atoms with E-state index in [0.717, 1.165) is 4.47 Å². The Morgan fingerprint density at radius 3 is 2.72 bits per heavy atom. The predicted molar refractivity (Wildman–Crippen MR) is 74.8 cm³/mol. The molecule has 0 spiro atoms. The molecule has 0 bridgehead atoms. The third kappa shape index (κ3) is 3.03. The first-order valence-electron chi connectivity index (χ1n) is 5.64. The van der Waals surface area contributed by atoms with Gasteiger partial charge in [0.15, 0.2) is 0 Å². The molecule has 1 aliphatic heterocycles. The van der Waals surface area contributed by atoms with E-state index in [9.17, 15) is 4.79 Å². The average molecular weight is 334 g/mol. The lowest BCUT2D eigenvalue weighted by atomic mass is 9.90. The number of rotatable bonds is 2. The highest BCUT2D eigenvalue weighted by atomic mass is 79.9. The molecule has 0 saturated carbocycles. The fourth-order valence-corrected chi connectivity index (χ4v) is 2.52. The smallest absolute Gasteiger partial charge is 0.244 e. The van der Waals surface area contributed by atoms with Crippen LogP contribution in [0.25, 0.3) is 0 Å². The zero-order valence-corrected chi connectivity index (χ0v) is 12.1. The van der Waals surface area contributed by atoms with Gasteiger partial charge in [-0.25, -0.2) is 0 Å². The summed E-state index contributed by atoms with van der Waals surface area (Å²) in [5.41, 5.74) is 5.79. The number of anilines is 1. The fourth-order valence-electron chi connectivity index (χ4n) is 1.80. The van der Waals surface area contributed by atoms with Gasteiger partial charge in [-0.3, -0.25) is 4.79 Å². The number of carbonyl (C=O) groups excluding carboxylic acids is 1. The lowest BCUT2D eigenvalue weighted by Gasteiger charge is -2.31. The molecule has 0 radical (unpaired) electrons. The molecule has 18 heavy (non-hydrogen) atoms. The summed E-state index contributed by atoms with van der Waals surface area (Å²) in [7, 11) is 0. The molecule has 1 heterocycles. The fraction of sp³-hybridized carbons (Fsp3) is 0.417. The van der Waals surface area contributed by atoms with Gasteiger partial charge in [0.1, 0.15) is 5.54 Å². The van der Waals surface area contributed by atoms with Crippen LogP contribution in [0.3, 0.4) is 0 Å². The Labute approximate surface area is 119 Å². The SMILES string of the molecule is NC1(C(=O)Nc2ccc(Br)cc2Cl)CCOCC1. The number of nitrogens with one attached hydrogen (secondary N) is 1. The van der Waals surface area contributed by atoms with Gasteiger partial charge >= 0.3 is 0 Å². The van der Waals surface area contributed by atoms with E-state index in [1.54, 1.807) is 12.1 Å². The minimum Gasteiger partial charge on any atom is -0.381 e. The molecular formula is C12H14BrClN2O2. The van der Waals surface area contributed by atoms with Gasteiger partial charge in [0.05, 0.1) is 10.7 Å². The average Bonchev–Trinajstić information content (AvgIpc) is 2.33. The molecule has 0 unspecified atom stereocenters. The Hall–Kier alpha value is -0.620. The third-order valence-electron chi connectivity index (χ3n) is 3.02. The van der Waals surface area contributed by atoms with Gasteiger partial charge in [0.25, 0.3) is 0 Å². The van der Waals surface area contributed by atoms with Crippen molar-refractivity contribution in [2.75, 3.05) is 18.5 Å². The summed E-state index contributed by atoms with van der Waals surface area (Å²) in [5, 5.41) is 3.26. The molecule has 1 fully saturated rings. The van der Waals surface area contributed by atoms with Crippen molar-refractivity contribution >= 4 is 39.1 Å². The number of hydrogen-bond acceptors (Lipinski definition) is 3. The molecule has 0 aliphatic carbocycles. The van der Waals surface area contributed by atoms with Crippen molar-refractivity contribution in [2.24, 2.45) is 5.73 Å². The van der Waals surface area contributed by atoms with Gasteiger partial charge in [-0.15, -0.1) is 0 Å². The number of nitrogens with two attached hydrogens (primary N) is 1. The molecule has 0 atom stereocenters. The summed E-state index contributed by atoms with van der Waals surface area (Å²) >= 11 is 9.36. The number of halogens is 2. The Balaban J connectivity index is 2.11. The van der Waals surface area contributed by atoms with Gasteiger partial charge < -0.3 is 15.8 Å². The van der Waals surface area contributed by atoms with Gasteiger partial charge in [-0.2, -0.15) is 0 Å². The summed E-state index contributed by atoms with van der Waals surface area (Å²) in [4.78, 5) is 12.2. The molecule has 3 N–H and O–H groups in total. The quantitative estimate of drug-likeness (QED) is 0.874. The minimum absolute atomic E-state index is 0.213. The second kappa shape index (κ2) is 5.57.